The molecular formula is C12H18N2O2. The number of aryl methyl sites for hydroxylation is 2. The Hall–Kier alpha value is -1.00. The highest BCUT2D eigenvalue weighted by atomic mass is 16.7. The summed E-state index contributed by atoms with van der Waals surface area (Å²) in [5, 5.41) is 0. The molecule has 0 radical (unpaired) electrons. The van der Waals surface area contributed by atoms with E-state index in [1.54, 1.807) is 0 Å². The third-order valence-corrected chi connectivity index (χ3v) is 2.64. The minimum Gasteiger partial charge on any atom is -0.352 e. The Morgan fingerprint density at radius 3 is 2.50 bits per heavy atom. The Bertz CT molecular complexity index is 318. The first kappa shape index (κ1) is 11.5. The van der Waals surface area contributed by atoms with E-state index >= 15 is 0 Å². The maximum absolute atomic E-state index is 5.57. The average molecular weight is 222 g/mol. The van der Waals surface area contributed by atoms with Gasteiger partial charge in [0.2, 0.25) is 0 Å². The van der Waals surface area contributed by atoms with Crippen LogP contribution in [0, 0.1) is 12.8 Å². The summed E-state index contributed by atoms with van der Waals surface area (Å²) < 4.78 is 11.1. The van der Waals surface area contributed by atoms with Crippen LogP contribution in [0.15, 0.2) is 12.4 Å². The molecule has 0 amide bonds. The van der Waals surface area contributed by atoms with Gasteiger partial charge in [0.05, 0.1) is 13.2 Å². The summed E-state index contributed by atoms with van der Waals surface area (Å²) in [5.74, 6) is 1.32. The minimum absolute atomic E-state index is 0.0579. The fourth-order valence-corrected chi connectivity index (χ4v) is 1.64. The van der Waals surface area contributed by atoms with Crippen molar-refractivity contribution in [3.63, 3.8) is 0 Å². The molecule has 1 saturated heterocycles. The third-order valence-electron chi connectivity index (χ3n) is 2.64. The van der Waals surface area contributed by atoms with Crippen LogP contribution in [0.5, 0.6) is 0 Å². The summed E-state index contributed by atoms with van der Waals surface area (Å²) in [6.45, 7) is 5.62. The van der Waals surface area contributed by atoms with Crippen molar-refractivity contribution in [3.8, 4) is 0 Å². The number of hydrogen-bond donors (Lipinski definition) is 0. The number of rotatable bonds is 3. The van der Waals surface area contributed by atoms with E-state index in [1.807, 2.05) is 19.3 Å². The van der Waals surface area contributed by atoms with E-state index in [2.05, 4.69) is 16.9 Å². The van der Waals surface area contributed by atoms with Gasteiger partial charge in [0, 0.05) is 24.7 Å². The van der Waals surface area contributed by atoms with E-state index in [4.69, 9.17) is 9.47 Å². The second-order valence-electron chi connectivity index (χ2n) is 4.38. The van der Waals surface area contributed by atoms with Crippen LogP contribution in [0.2, 0.25) is 0 Å². The first-order valence-electron chi connectivity index (χ1n) is 5.75. The van der Waals surface area contributed by atoms with Crippen LogP contribution >= 0.6 is 0 Å². The van der Waals surface area contributed by atoms with Crippen molar-refractivity contribution in [1.82, 2.24) is 9.97 Å². The summed E-state index contributed by atoms with van der Waals surface area (Å²) >= 11 is 0. The fraction of sp³-hybridized carbons (Fsp3) is 0.667. The maximum atomic E-state index is 5.57. The number of hydrogen-bond acceptors (Lipinski definition) is 4. The zero-order valence-electron chi connectivity index (χ0n) is 9.85. The second kappa shape index (κ2) is 5.37. The molecule has 0 aromatic carbocycles. The number of ether oxygens (including phenoxy) is 2. The minimum atomic E-state index is -0.0579. The third kappa shape index (κ3) is 3.25. The molecule has 0 aliphatic carbocycles. The molecule has 0 spiro atoms. The lowest BCUT2D eigenvalue weighted by Gasteiger charge is -2.27. The molecule has 1 aromatic heterocycles. The first-order valence-corrected chi connectivity index (χ1v) is 5.75. The van der Waals surface area contributed by atoms with E-state index in [9.17, 15) is 0 Å². The standard InChI is InChI=1S/C12H18N2O2/c1-9-7-15-12(16-8-9)4-3-11-5-13-10(2)14-6-11/h5-6,9,12H,3-4,7-8H2,1-2H3. The van der Waals surface area contributed by atoms with Crippen LogP contribution in [0.3, 0.4) is 0 Å². The van der Waals surface area contributed by atoms with Crippen LogP contribution in [0.4, 0.5) is 0 Å². The fourth-order valence-electron chi connectivity index (χ4n) is 1.64. The van der Waals surface area contributed by atoms with Gasteiger partial charge in [0.25, 0.3) is 0 Å². The van der Waals surface area contributed by atoms with Gasteiger partial charge in [0.1, 0.15) is 5.82 Å². The summed E-state index contributed by atoms with van der Waals surface area (Å²) in [6, 6.07) is 0. The smallest absolute Gasteiger partial charge is 0.157 e. The Labute approximate surface area is 96.0 Å². The molecule has 0 saturated carbocycles. The molecule has 88 valence electrons. The zero-order chi connectivity index (χ0) is 11.4. The highest BCUT2D eigenvalue weighted by Gasteiger charge is 2.18. The van der Waals surface area contributed by atoms with Gasteiger partial charge >= 0.3 is 0 Å². The van der Waals surface area contributed by atoms with E-state index in [0.717, 1.165) is 37.4 Å². The summed E-state index contributed by atoms with van der Waals surface area (Å²) in [4.78, 5) is 8.32. The van der Waals surface area contributed by atoms with Crippen molar-refractivity contribution in [1.29, 1.82) is 0 Å². The van der Waals surface area contributed by atoms with Crippen LogP contribution in [0.25, 0.3) is 0 Å². The van der Waals surface area contributed by atoms with Gasteiger partial charge in [-0.15, -0.1) is 0 Å². The monoisotopic (exact) mass is 222 g/mol. The van der Waals surface area contributed by atoms with Crippen molar-refractivity contribution in [2.75, 3.05) is 13.2 Å². The van der Waals surface area contributed by atoms with Crippen molar-refractivity contribution < 1.29 is 9.47 Å². The lowest BCUT2D eigenvalue weighted by atomic mass is 10.1. The lowest BCUT2D eigenvalue weighted by Crippen LogP contribution is -2.30. The Morgan fingerprint density at radius 2 is 1.88 bits per heavy atom. The molecule has 2 heterocycles. The number of nitrogens with zero attached hydrogens (tertiary/aromatic N) is 2. The molecule has 1 aliphatic heterocycles. The predicted molar refractivity (Wildman–Crippen MR) is 59.9 cm³/mol. The van der Waals surface area contributed by atoms with E-state index in [1.165, 1.54) is 0 Å². The van der Waals surface area contributed by atoms with Crippen LogP contribution in [-0.2, 0) is 15.9 Å². The lowest BCUT2D eigenvalue weighted by molar-refractivity contribution is -0.199. The molecular weight excluding hydrogens is 204 g/mol. The van der Waals surface area contributed by atoms with Gasteiger partial charge in [-0.05, 0) is 18.9 Å². The second-order valence-corrected chi connectivity index (χ2v) is 4.38. The van der Waals surface area contributed by atoms with E-state index in [0.29, 0.717) is 5.92 Å². The molecule has 4 heteroatoms. The molecule has 0 unspecified atom stereocenters. The molecule has 1 fully saturated rings. The molecule has 4 nitrogen and oxygen atoms in total. The van der Waals surface area contributed by atoms with Crippen molar-refractivity contribution in [2.45, 2.75) is 33.0 Å². The van der Waals surface area contributed by atoms with E-state index < -0.39 is 0 Å². The van der Waals surface area contributed by atoms with Gasteiger partial charge in [-0.2, -0.15) is 0 Å². The van der Waals surface area contributed by atoms with Gasteiger partial charge < -0.3 is 9.47 Å². The molecule has 16 heavy (non-hydrogen) atoms. The highest BCUT2D eigenvalue weighted by molar-refractivity contribution is 5.04. The molecule has 1 aliphatic rings. The van der Waals surface area contributed by atoms with Crippen molar-refractivity contribution in [2.24, 2.45) is 5.92 Å². The Morgan fingerprint density at radius 1 is 1.25 bits per heavy atom. The largest absolute Gasteiger partial charge is 0.352 e. The Balaban J connectivity index is 1.77. The van der Waals surface area contributed by atoms with Gasteiger partial charge in [0.15, 0.2) is 6.29 Å². The van der Waals surface area contributed by atoms with E-state index in [-0.39, 0.29) is 6.29 Å². The number of aromatic nitrogens is 2. The zero-order valence-corrected chi connectivity index (χ0v) is 9.85. The van der Waals surface area contributed by atoms with Crippen LogP contribution in [-0.4, -0.2) is 29.5 Å². The topological polar surface area (TPSA) is 44.2 Å². The highest BCUT2D eigenvalue weighted by Crippen LogP contribution is 2.15. The molecule has 1 aromatic rings. The van der Waals surface area contributed by atoms with Gasteiger partial charge in [-0.1, -0.05) is 6.92 Å². The summed E-state index contributed by atoms with van der Waals surface area (Å²) in [7, 11) is 0. The maximum Gasteiger partial charge on any atom is 0.157 e. The summed E-state index contributed by atoms with van der Waals surface area (Å²) in [5.41, 5.74) is 1.14. The Kier molecular flexibility index (Phi) is 3.85. The average Bonchev–Trinajstić information content (AvgIpc) is 2.30. The normalized spacial score (nSPS) is 25.6. The van der Waals surface area contributed by atoms with Gasteiger partial charge in [-0.25, -0.2) is 9.97 Å². The van der Waals surface area contributed by atoms with Crippen LogP contribution in [0.1, 0.15) is 24.7 Å². The quantitative estimate of drug-likeness (QED) is 0.781. The first-order chi connectivity index (χ1) is 7.74. The summed E-state index contributed by atoms with van der Waals surface area (Å²) in [6.07, 6.45) is 5.46. The molecule has 0 bridgehead atoms. The van der Waals surface area contributed by atoms with Crippen molar-refractivity contribution >= 4 is 0 Å². The van der Waals surface area contributed by atoms with Crippen LogP contribution < -0.4 is 0 Å². The van der Waals surface area contributed by atoms with Gasteiger partial charge in [-0.3, -0.25) is 0 Å². The van der Waals surface area contributed by atoms with Crippen molar-refractivity contribution in [3.05, 3.63) is 23.8 Å². The predicted octanol–water partition coefficient (Wildman–Crippen LogP) is 1.73. The molecule has 2 rings (SSSR count). The molecule has 0 atom stereocenters. The molecule has 0 N–H and O–H groups in total. The SMILES string of the molecule is Cc1ncc(CCC2OCC(C)CO2)cn1.